The second-order valence-corrected chi connectivity index (χ2v) is 6.21. The Kier molecular flexibility index (Phi) is 5.45. The highest BCUT2D eigenvalue weighted by Crippen LogP contribution is 2.16. The number of carbonyl (C=O) groups is 1. The molecule has 7 nitrogen and oxygen atoms in total. The van der Waals surface area contributed by atoms with Crippen LogP contribution in [0.3, 0.4) is 0 Å². The van der Waals surface area contributed by atoms with Crippen LogP contribution in [0.4, 0.5) is 11.5 Å². The van der Waals surface area contributed by atoms with E-state index in [1.54, 1.807) is 0 Å². The quantitative estimate of drug-likeness (QED) is 0.844. The van der Waals surface area contributed by atoms with Gasteiger partial charge in [0.25, 0.3) is 5.91 Å². The molecule has 7 heteroatoms. The molecule has 1 aliphatic rings. The van der Waals surface area contributed by atoms with Crippen molar-refractivity contribution in [2.75, 3.05) is 43.4 Å². The number of para-hydroxylation sites is 1. The molecule has 2 heterocycles. The van der Waals surface area contributed by atoms with Gasteiger partial charge >= 0.3 is 0 Å². The standard InChI is InChI=1S/C18H24N6O/c1-14(13-22-18(25)16-17(19)21-8-7-20-16)23-9-11-24(12-10-23)15-5-3-2-4-6-15/h2-8,14H,9-13H2,1H3,(H2,19,21)(H,22,25)/t14-/m0/s1. The number of piperazine rings is 1. The lowest BCUT2D eigenvalue weighted by Gasteiger charge is -2.39. The van der Waals surface area contributed by atoms with Crippen LogP contribution in [0.25, 0.3) is 0 Å². The summed E-state index contributed by atoms with van der Waals surface area (Å²) in [5.41, 5.74) is 7.14. The number of nitrogen functional groups attached to an aromatic ring is 1. The summed E-state index contributed by atoms with van der Waals surface area (Å²) in [4.78, 5) is 24.8. The van der Waals surface area contributed by atoms with Crippen LogP contribution >= 0.6 is 0 Å². The zero-order valence-corrected chi connectivity index (χ0v) is 14.4. The van der Waals surface area contributed by atoms with Crippen LogP contribution in [-0.4, -0.2) is 59.5 Å². The van der Waals surface area contributed by atoms with E-state index in [0.29, 0.717) is 6.54 Å². The third-order valence-corrected chi connectivity index (χ3v) is 4.56. The Hall–Kier alpha value is -2.67. The van der Waals surface area contributed by atoms with Crippen molar-refractivity contribution in [3.05, 3.63) is 48.4 Å². The highest BCUT2D eigenvalue weighted by atomic mass is 16.1. The van der Waals surface area contributed by atoms with Gasteiger partial charge in [0, 0.05) is 56.8 Å². The minimum atomic E-state index is -0.277. The van der Waals surface area contributed by atoms with Crippen molar-refractivity contribution in [2.45, 2.75) is 13.0 Å². The molecule has 0 saturated carbocycles. The molecule has 25 heavy (non-hydrogen) atoms. The fraction of sp³-hybridized carbons (Fsp3) is 0.389. The zero-order chi connectivity index (χ0) is 17.6. The number of benzene rings is 1. The molecule has 1 aromatic carbocycles. The minimum absolute atomic E-state index is 0.157. The van der Waals surface area contributed by atoms with E-state index in [9.17, 15) is 4.79 Å². The predicted octanol–water partition coefficient (Wildman–Crippen LogP) is 0.999. The van der Waals surface area contributed by atoms with E-state index in [-0.39, 0.29) is 23.5 Å². The molecule has 0 radical (unpaired) electrons. The molecule has 2 aromatic rings. The Morgan fingerprint density at radius 3 is 2.52 bits per heavy atom. The molecular formula is C18H24N6O. The van der Waals surface area contributed by atoms with E-state index < -0.39 is 0 Å². The molecule has 1 aliphatic heterocycles. The summed E-state index contributed by atoms with van der Waals surface area (Å²) in [6.45, 7) is 6.59. The lowest BCUT2D eigenvalue weighted by Crippen LogP contribution is -2.52. The highest BCUT2D eigenvalue weighted by molar-refractivity contribution is 5.96. The van der Waals surface area contributed by atoms with Crippen LogP contribution in [0, 0.1) is 0 Å². The SMILES string of the molecule is C[C@@H](CNC(=O)c1nccnc1N)N1CCN(c2ccccc2)CC1. The minimum Gasteiger partial charge on any atom is -0.382 e. The lowest BCUT2D eigenvalue weighted by molar-refractivity contribution is 0.0930. The Bertz CT molecular complexity index is 700. The molecule has 0 unspecified atom stereocenters. The number of rotatable bonds is 5. The number of nitrogens with two attached hydrogens (primary N) is 1. The van der Waals surface area contributed by atoms with Gasteiger partial charge in [-0.1, -0.05) is 18.2 Å². The molecular weight excluding hydrogens is 316 g/mol. The van der Waals surface area contributed by atoms with Gasteiger partial charge in [0.2, 0.25) is 0 Å². The van der Waals surface area contributed by atoms with E-state index in [2.05, 4.69) is 56.3 Å². The maximum atomic E-state index is 12.2. The maximum absolute atomic E-state index is 12.2. The Morgan fingerprint density at radius 1 is 1.16 bits per heavy atom. The largest absolute Gasteiger partial charge is 0.382 e. The zero-order valence-electron chi connectivity index (χ0n) is 14.4. The second kappa shape index (κ2) is 7.94. The van der Waals surface area contributed by atoms with Crippen molar-refractivity contribution in [3.8, 4) is 0 Å². The van der Waals surface area contributed by atoms with E-state index in [4.69, 9.17) is 5.73 Å². The number of carbonyl (C=O) groups excluding carboxylic acids is 1. The lowest BCUT2D eigenvalue weighted by atomic mass is 10.2. The Labute approximate surface area is 147 Å². The van der Waals surface area contributed by atoms with Gasteiger partial charge in [-0.2, -0.15) is 0 Å². The summed E-state index contributed by atoms with van der Waals surface area (Å²) >= 11 is 0. The Morgan fingerprint density at radius 2 is 1.84 bits per heavy atom. The third kappa shape index (κ3) is 4.24. The van der Waals surface area contributed by atoms with Crippen molar-refractivity contribution in [1.82, 2.24) is 20.2 Å². The highest BCUT2D eigenvalue weighted by Gasteiger charge is 2.22. The first-order chi connectivity index (χ1) is 12.1. The number of aromatic nitrogens is 2. The molecule has 0 bridgehead atoms. The van der Waals surface area contributed by atoms with Crippen LogP contribution in [-0.2, 0) is 0 Å². The van der Waals surface area contributed by atoms with Gasteiger partial charge in [0.05, 0.1) is 0 Å². The molecule has 1 fully saturated rings. The van der Waals surface area contributed by atoms with Crippen LogP contribution in [0.2, 0.25) is 0 Å². The molecule has 3 N–H and O–H groups in total. The molecule has 1 aromatic heterocycles. The summed E-state index contributed by atoms with van der Waals surface area (Å²) < 4.78 is 0. The molecule has 3 rings (SSSR count). The molecule has 132 valence electrons. The van der Waals surface area contributed by atoms with Gasteiger partial charge in [-0.25, -0.2) is 9.97 Å². The van der Waals surface area contributed by atoms with Gasteiger partial charge in [-0.3, -0.25) is 9.69 Å². The van der Waals surface area contributed by atoms with Crippen LogP contribution < -0.4 is 16.0 Å². The second-order valence-electron chi connectivity index (χ2n) is 6.21. The van der Waals surface area contributed by atoms with Gasteiger partial charge in [-0.05, 0) is 19.1 Å². The Balaban J connectivity index is 1.47. The monoisotopic (exact) mass is 340 g/mol. The van der Waals surface area contributed by atoms with E-state index in [1.165, 1.54) is 18.1 Å². The van der Waals surface area contributed by atoms with Crippen molar-refractivity contribution in [3.63, 3.8) is 0 Å². The maximum Gasteiger partial charge on any atom is 0.273 e. The first-order valence-electron chi connectivity index (χ1n) is 8.54. The van der Waals surface area contributed by atoms with Crippen molar-refractivity contribution < 1.29 is 4.79 Å². The molecule has 1 atom stereocenters. The summed E-state index contributed by atoms with van der Waals surface area (Å²) in [5.74, 6) is -0.121. The number of anilines is 2. The predicted molar refractivity (Wildman–Crippen MR) is 98.5 cm³/mol. The summed E-state index contributed by atoms with van der Waals surface area (Å²) in [5, 5.41) is 2.90. The molecule has 0 spiro atoms. The normalized spacial score (nSPS) is 16.4. The molecule has 1 amide bonds. The molecule has 1 saturated heterocycles. The number of nitrogens with zero attached hydrogens (tertiary/aromatic N) is 4. The average Bonchev–Trinajstić information content (AvgIpc) is 2.67. The van der Waals surface area contributed by atoms with Crippen LogP contribution in [0.15, 0.2) is 42.7 Å². The van der Waals surface area contributed by atoms with Crippen molar-refractivity contribution in [1.29, 1.82) is 0 Å². The summed E-state index contributed by atoms with van der Waals surface area (Å²) in [6.07, 6.45) is 2.94. The number of amides is 1. The number of hydrogen-bond donors (Lipinski definition) is 2. The van der Waals surface area contributed by atoms with E-state index in [0.717, 1.165) is 26.2 Å². The average molecular weight is 340 g/mol. The van der Waals surface area contributed by atoms with Crippen molar-refractivity contribution in [2.24, 2.45) is 0 Å². The van der Waals surface area contributed by atoms with Gasteiger partial charge in [0.15, 0.2) is 11.5 Å². The first-order valence-corrected chi connectivity index (χ1v) is 8.54. The van der Waals surface area contributed by atoms with E-state index >= 15 is 0 Å². The van der Waals surface area contributed by atoms with Gasteiger partial charge < -0.3 is 16.0 Å². The fourth-order valence-electron chi connectivity index (χ4n) is 3.04. The smallest absolute Gasteiger partial charge is 0.273 e. The summed E-state index contributed by atoms with van der Waals surface area (Å²) in [7, 11) is 0. The van der Waals surface area contributed by atoms with Crippen molar-refractivity contribution >= 4 is 17.4 Å². The first kappa shape index (κ1) is 17.2. The van der Waals surface area contributed by atoms with Crippen LogP contribution in [0.5, 0.6) is 0 Å². The summed E-state index contributed by atoms with van der Waals surface area (Å²) in [6, 6.07) is 10.7. The number of hydrogen-bond acceptors (Lipinski definition) is 6. The van der Waals surface area contributed by atoms with Gasteiger partial charge in [-0.15, -0.1) is 0 Å². The third-order valence-electron chi connectivity index (χ3n) is 4.56. The number of nitrogens with one attached hydrogen (secondary N) is 1. The topological polar surface area (TPSA) is 87.4 Å². The fourth-order valence-corrected chi connectivity index (χ4v) is 3.04. The van der Waals surface area contributed by atoms with Gasteiger partial charge in [0.1, 0.15) is 0 Å². The van der Waals surface area contributed by atoms with E-state index in [1.807, 2.05) is 6.07 Å². The molecule has 0 aliphatic carbocycles. The van der Waals surface area contributed by atoms with Crippen LogP contribution in [0.1, 0.15) is 17.4 Å².